The third-order valence-corrected chi connectivity index (χ3v) is 1.58. The van der Waals surface area contributed by atoms with Crippen molar-refractivity contribution in [1.82, 2.24) is 10.3 Å². The molecule has 0 aromatic carbocycles. The summed E-state index contributed by atoms with van der Waals surface area (Å²) in [5, 5.41) is 9.27. The highest BCUT2D eigenvalue weighted by Gasteiger charge is 2.16. The van der Waals surface area contributed by atoms with Crippen LogP contribution in [0.25, 0.3) is 0 Å². The molecule has 0 aliphatic carbocycles. The molecule has 0 unspecified atom stereocenters. The number of rotatable bonds is 0. The van der Waals surface area contributed by atoms with E-state index in [9.17, 15) is 0 Å². The number of nitrogens with zero attached hydrogens (tertiary/aromatic N) is 3. The second-order valence-electron chi connectivity index (χ2n) is 3.14. The van der Waals surface area contributed by atoms with Gasteiger partial charge in [0.1, 0.15) is 5.70 Å². The van der Waals surface area contributed by atoms with E-state index in [1.807, 2.05) is 25.2 Å². The topological polar surface area (TPSA) is 160 Å². The van der Waals surface area contributed by atoms with E-state index in [1.54, 1.807) is 0 Å². The van der Waals surface area contributed by atoms with Crippen LogP contribution in [0.3, 0.4) is 0 Å². The van der Waals surface area contributed by atoms with Crippen LogP contribution in [0, 0.1) is 10.2 Å². The monoisotopic (exact) mass is 264 g/mol. The maximum atomic E-state index is 8.49. The molecule has 0 spiro atoms. The van der Waals surface area contributed by atoms with Gasteiger partial charge in [-0.1, -0.05) is 0 Å². The van der Waals surface area contributed by atoms with E-state index in [2.05, 4.69) is 19.9 Å². The van der Waals surface area contributed by atoms with Gasteiger partial charge in [-0.25, -0.2) is 28.3 Å². The molecular formula is C7H9ClN4O5. The second-order valence-corrected chi connectivity index (χ2v) is 3.89. The van der Waals surface area contributed by atoms with Crippen LogP contribution in [-0.2, 0) is 0 Å². The molecule has 10 heteroatoms. The van der Waals surface area contributed by atoms with E-state index in [4.69, 9.17) is 18.6 Å². The van der Waals surface area contributed by atoms with Crippen LogP contribution in [0.2, 0.25) is 0 Å². The predicted octanol–water partition coefficient (Wildman–Crippen LogP) is -4.48. The van der Waals surface area contributed by atoms with E-state index < -0.39 is 10.2 Å². The highest BCUT2D eigenvalue weighted by atomic mass is 35.7. The van der Waals surface area contributed by atoms with Gasteiger partial charge in [-0.15, -0.1) is 10.2 Å². The highest BCUT2D eigenvalue weighted by molar-refractivity contribution is 5.95. The lowest BCUT2D eigenvalue weighted by molar-refractivity contribution is -2.00. The average Bonchev–Trinajstić information content (AvgIpc) is 2.44. The number of halogens is 1. The molecule has 0 bridgehead atoms. The van der Waals surface area contributed by atoms with Gasteiger partial charge in [-0.2, -0.15) is 0 Å². The van der Waals surface area contributed by atoms with Gasteiger partial charge in [0.05, 0.1) is 0 Å². The summed E-state index contributed by atoms with van der Waals surface area (Å²) >= 11 is 0. The lowest BCUT2D eigenvalue weighted by Crippen LogP contribution is -2.75. The Balaban J connectivity index is 0.000000249. The van der Waals surface area contributed by atoms with Crippen LogP contribution < -0.4 is 24.0 Å². The van der Waals surface area contributed by atoms with Gasteiger partial charge in [-0.05, 0) is 12.1 Å². The van der Waals surface area contributed by atoms with E-state index in [0.29, 0.717) is 11.6 Å². The molecule has 0 saturated heterocycles. The normalized spacial score (nSPS) is 14.9. The molecule has 1 aliphatic rings. The molecule has 0 saturated carbocycles. The van der Waals surface area contributed by atoms with Crippen LogP contribution in [0.5, 0.6) is 0 Å². The van der Waals surface area contributed by atoms with Crippen LogP contribution >= 0.6 is 0 Å². The largest absolute Gasteiger partial charge is 0.315 e. The van der Waals surface area contributed by atoms with Crippen molar-refractivity contribution in [2.45, 2.75) is 13.8 Å². The molecule has 2 rings (SSSR count). The maximum absolute atomic E-state index is 8.49. The molecule has 0 atom stereocenters. The van der Waals surface area contributed by atoms with Crippen molar-refractivity contribution in [3.63, 3.8) is 0 Å². The Morgan fingerprint density at radius 3 is 2.35 bits per heavy atom. The minimum absolute atomic E-state index is 0.556. The summed E-state index contributed by atoms with van der Waals surface area (Å²) in [7, 11) is -4.94. The van der Waals surface area contributed by atoms with Crippen molar-refractivity contribution in [2.75, 3.05) is 0 Å². The fraction of sp³-hybridized carbons (Fsp3) is 0.286. The SMILES string of the molecule is CC1=CC(C)=Nc2nonc2[NH2+]1.[O-][Cl+3]([O-])([O-])[O-]. The first-order chi connectivity index (χ1) is 7.75. The molecule has 0 radical (unpaired) electrons. The van der Waals surface area contributed by atoms with Crippen molar-refractivity contribution in [1.29, 1.82) is 0 Å². The second kappa shape index (κ2) is 5.31. The fourth-order valence-corrected chi connectivity index (χ4v) is 1.15. The first-order valence-corrected chi connectivity index (χ1v) is 5.52. The summed E-state index contributed by atoms with van der Waals surface area (Å²) in [6.45, 7) is 3.91. The Labute approximate surface area is 97.8 Å². The van der Waals surface area contributed by atoms with Gasteiger partial charge in [0, 0.05) is 23.9 Å². The number of aromatic nitrogens is 2. The molecule has 0 fully saturated rings. The van der Waals surface area contributed by atoms with Crippen molar-refractivity contribution in [3.8, 4) is 0 Å². The van der Waals surface area contributed by atoms with E-state index in [-0.39, 0.29) is 0 Å². The predicted molar refractivity (Wildman–Crippen MR) is 42.4 cm³/mol. The Kier molecular flexibility index (Phi) is 4.28. The summed E-state index contributed by atoms with van der Waals surface area (Å²) in [5.74, 6) is 1.25. The van der Waals surface area contributed by atoms with Crippen LogP contribution in [0.1, 0.15) is 13.8 Å². The van der Waals surface area contributed by atoms with Gasteiger partial charge in [0.2, 0.25) is 0 Å². The molecule has 1 aromatic heterocycles. The van der Waals surface area contributed by atoms with E-state index in [0.717, 1.165) is 11.4 Å². The number of quaternary nitrogens is 1. The minimum atomic E-state index is -4.94. The van der Waals surface area contributed by atoms with Crippen LogP contribution in [0.4, 0.5) is 11.6 Å². The molecule has 9 nitrogen and oxygen atoms in total. The minimum Gasteiger partial charge on any atom is -0.263 e. The van der Waals surface area contributed by atoms with Crippen molar-refractivity contribution >= 4 is 17.3 Å². The number of fused-ring (bicyclic) bond motifs is 1. The molecule has 1 aliphatic heterocycles. The number of hydrogen-bond acceptors (Lipinski definition) is 8. The van der Waals surface area contributed by atoms with Gasteiger partial charge < -0.3 is 0 Å². The zero-order valence-electron chi connectivity index (χ0n) is 8.92. The smallest absolute Gasteiger partial charge is 0.263 e. The van der Waals surface area contributed by atoms with Gasteiger partial charge in [0.15, 0.2) is 0 Å². The number of allylic oxidation sites excluding steroid dienone is 2. The Bertz CT molecular complexity index is 443. The van der Waals surface area contributed by atoms with E-state index >= 15 is 0 Å². The van der Waals surface area contributed by atoms with Crippen molar-refractivity contribution in [3.05, 3.63) is 11.8 Å². The third-order valence-electron chi connectivity index (χ3n) is 1.58. The molecule has 0 amide bonds. The van der Waals surface area contributed by atoms with Gasteiger partial charge in [-0.3, -0.25) is 5.32 Å². The summed E-state index contributed by atoms with van der Waals surface area (Å²) in [6.07, 6.45) is 1.98. The Morgan fingerprint density at radius 2 is 1.76 bits per heavy atom. The summed E-state index contributed by atoms with van der Waals surface area (Å²) in [5.41, 5.74) is 2.02. The number of nitrogens with two attached hydrogens (primary N) is 1. The fourth-order valence-electron chi connectivity index (χ4n) is 1.15. The molecule has 1 aromatic rings. The third kappa shape index (κ3) is 5.49. The molecule has 2 heterocycles. The first kappa shape index (κ1) is 13.7. The molecular weight excluding hydrogens is 256 g/mol. The Hall–Kier alpha value is -1.36. The zero-order valence-corrected chi connectivity index (χ0v) is 9.67. The van der Waals surface area contributed by atoms with Gasteiger partial charge in [0.25, 0.3) is 5.82 Å². The lowest BCUT2D eigenvalue weighted by atomic mass is 10.3. The summed E-state index contributed by atoms with van der Waals surface area (Å²) in [4.78, 5) is 4.19. The maximum Gasteiger partial charge on any atom is 0.315 e. The standard InChI is InChI=1S/C7H8N4O.ClHO4/c1-4-3-5(2)9-7-6(8-4)10-12-11-7;2-1(3,4)5/h3H,1-2H3,(H,8,10);(H,2,3,4,5). The average molecular weight is 265 g/mol. The number of aliphatic imine (C=N–C) groups is 1. The Morgan fingerprint density at radius 1 is 1.18 bits per heavy atom. The van der Waals surface area contributed by atoms with Crippen molar-refractivity contribution in [2.24, 2.45) is 4.99 Å². The summed E-state index contributed by atoms with van der Waals surface area (Å²) in [6, 6.07) is 0. The first-order valence-electron chi connectivity index (χ1n) is 4.28. The molecule has 17 heavy (non-hydrogen) atoms. The summed E-state index contributed by atoms with van der Waals surface area (Å²) < 4.78 is 38.5. The van der Waals surface area contributed by atoms with Crippen LogP contribution in [-0.4, -0.2) is 16.0 Å². The van der Waals surface area contributed by atoms with Crippen molar-refractivity contribution < 1.29 is 38.8 Å². The quantitative estimate of drug-likeness (QED) is 0.494. The van der Waals surface area contributed by atoms with Gasteiger partial charge >= 0.3 is 5.82 Å². The van der Waals surface area contributed by atoms with E-state index in [1.165, 1.54) is 0 Å². The number of hydrogen-bond donors (Lipinski definition) is 1. The molecule has 94 valence electrons. The lowest BCUT2D eigenvalue weighted by Gasteiger charge is -2.17. The zero-order chi connectivity index (χ0) is 13.1. The van der Waals surface area contributed by atoms with Crippen LogP contribution in [0.15, 0.2) is 21.4 Å². The molecule has 2 N–H and O–H groups in total. The highest BCUT2D eigenvalue weighted by Crippen LogP contribution is 2.16.